The van der Waals surface area contributed by atoms with Crippen LogP contribution in [0, 0.1) is 13.8 Å². The molecule has 0 radical (unpaired) electrons. The number of hydrogen-bond acceptors (Lipinski definition) is 4. The number of amides is 2. The number of carbonyl (C=O) groups excluding carboxylic acids is 1. The van der Waals surface area contributed by atoms with Crippen LogP contribution in [0.3, 0.4) is 0 Å². The second-order valence-electron chi connectivity index (χ2n) is 7.59. The van der Waals surface area contributed by atoms with Gasteiger partial charge in [0, 0.05) is 29.6 Å². The highest BCUT2D eigenvalue weighted by molar-refractivity contribution is 6.30. The van der Waals surface area contributed by atoms with Crippen molar-refractivity contribution in [2.75, 3.05) is 25.0 Å². The van der Waals surface area contributed by atoms with E-state index in [1.54, 1.807) is 0 Å². The van der Waals surface area contributed by atoms with Gasteiger partial charge in [0.05, 0.1) is 17.9 Å². The minimum absolute atomic E-state index is 0.136. The van der Waals surface area contributed by atoms with Crippen molar-refractivity contribution in [2.24, 2.45) is 0 Å². The number of hydrogen-bond donors (Lipinski definition) is 1. The van der Waals surface area contributed by atoms with Gasteiger partial charge in [-0.2, -0.15) is 0 Å². The number of piperidine rings is 1. The zero-order valence-electron chi connectivity index (χ0n) is 15.6. The Kier molecular flexibility index (Phi) is 4.86. The Balaban J connectivity index is 1.35. The Morgan fingerprint density at radius 1 is 1.33 bits per heavy atom. The van der Waals surface area contributed by atoms with Gasteiger partial charge in [0.15, 0.2) is 0 Å². The molecule has 2 fully saturated rings. The number of nitrogens with one attached hydrogen (secondary N) is 1. The number of aryl methyl sites for hydroxylation is 1. The van der Waals surface area contributed by atoms with Crippen LogP contribution in [0.1, 0.15) is 42.0 Å². The quantitative estimate of drug-likeness (QED) is 0.820. The summed E-state index contributed by atoms with van der Waals surface area (Å²) in [6.45, 7) is 5.78. The molecule has 2 aliphatic heterocycles. The standard InChI is InChI=1S/C20H24ClN3O3/c1-13-14(2)23-27-18(13)22-19(25)24-8-6-20(7-9-24)11-16(12-26-20)15-4-3-5-17(21)10-15/h3-5,10,16H,6-9,11-12H2,1-2H3,(H,22,25). The highest BCUT2D eigenvalue weighted by Gasteiger charge is 2.43. The molecule has 2 saturated heterocycles. The van der Waals surface area contributed by atoms with E-state index in [9.17, 15) is 4.79 Å². The van der Waals surface area contributed by atoms with Gasteiger partial charge in [-0.05, 0) is 50.8 Å². The summed E-state index contributed by atoms with van der Waals surface area (Å²) in [5.74, 6) is 0.791. The monoisotopic (exact) mass is 389 g/mol. The smallest absolute Gasteiger partial charge is 0.324 e. The van der Waals surface area contributed by atoms with E-state index < -0.39 is 0 Å². The van der Waals surface area contributed by atoms with Crippen LogP contribution in [0.2, 0.25) is 5.02 Å². The minimum Gasteiger partial charge on any atom is -0.374 e. The fourth-order valence-corrected chi connectivity index (χ4v) is 4.19. The first kappa shape index (κ1) is 18.3. The second kappa shape index (κ2) is 7.17. The second-order valence-corrected chi connectivity index (χ2v) is 8.03. The Hall–Kier alpha value is -2.05. The maximum atomic E-state index is 12.5. The number of anilines is 1. The van der Waals surface area contributed by atoms with Crippen LogP contribution in [0.15, 0.2) is 28.8 Å². The summed E-state index contributed by atoms with van der Waals surface area (Å²) in [4.78, 5) is 14.3. The van der Waals surface area contributed by atoms with E-state index in [2.05, 4.69) is 16.5 Å². The fourth-order valence-electron chi connectivity index (χ4n) is 3.99. The fraction of sp³-hybridized carbons (Fsp3) is 0.500. The number of carbonyl (C=O) groups is 1. The molecule has 2 amide bonds. The van der Waals surface area contributed by atoms with E-state index >= 15 is 0 Å². The van der Waals surface area contributed by atoms with Crippen LogP contribution in [0.4, 0.5) is 10.7 Å². The molecule has 1 atom stereocenters. The van der Waals surface area contributed by atoms with Gasteiger partial charge in [-0.3, -0.25) is 5.32 Å². The topological polar surface area (TPSA) is 67.6 Å². The van der Waals surface area contributed by atoms with Crippen molar-refractivity contribution in [1.29, 1.82) is 0 Å². The molecule has 7 heteroatoms. The van der Waals surface area contributed by atoms with E-state index in [0.717, 1.165) is 35.5 Å². The van der Waals surface area contributed by atoms with Gasteiger partial charge in [-0.1, -0.05) is 28.9 Å². The van der Waals surface area contributed by atoms with Crippen LogP contribution < -0.4 is 5.32 Å². The van der Waals surface area contributed by atoms with Gasteiger partial charge < -0.3 is 14.2 Å². The molecule has 4 rings (SSSR count). The van der Waals surface area contributed by atoms with Gasteiger partial charge in [0.25, 0.3) is 0 Å². The zero-order chi connectivity index (χ0) is 19.0. The summed E-state index contributed by atoms with van der Waals surface area (Å²) in [5, 5.41) is 7.46. The molecule has 1 aromatic heterocycles. The van der Waals surface area contributed by atoms with Crippen LogP contribution >= 0.6 is 11.6 Å². The van der Waals surface area contributed by atoms with Gasteiger partial charge in [-0.25, -0.2) is 4.79 Å². The summed E-state index contributed by atoms with van der Waals surface area (Å²) in [6, 6.07) is 7.88. The molecule has 6 nitrogen and oxygen atoms in total. The summed E-state index contributed by atoms with van der Waals surface area (Å²) >= 11 is 6.13. The number of benzene rings is 1. The molecule has 0 bridgehead atoms. The Morgan fingerprint density at radius 3 is 2.78 bits per heavy atom. The van der Waals surface area contributed by atoms with Crippen molar-refractivity contribution >= 4 is 23.5 Å². The molecule has 1 spiro atoms. The SMILES string of the molecule is Cc1noc(NC(=O)N2CCC3(CC2)CC(c2cccc(Cl)c2)CO3)c1C. The average molecular weight is 390 g/mol. The van der Waals surface area contributed by atoms with E-state index in [4.69, 9.17) is 20.9 Å². The van der Waals surface area contributed by atoms with Crippen LogP contribution in [-0.4, -0.2) is 41.4 Å². The third-order valence-corrected chi connectivity index (χ3v) is 6.10. The largest absolute Gasteiger partial charge is 0.374 e. The lowest BCUT2D eigenvalue weighted by molar-refractivity contribution is -0.0355. The molecule has 27 heavy (non-hydrogen) atoms. The molecule has 144 valence electrons. The molecule has 1 N–H and O–H groups in total. The first-order valence-electron chi connectivity index (χ1n) is 9.34. The summed E-state index contributed by atoms with van der Waals surface area (Å²) in [7, 11) is 0. The Bertz CT molecular complexity index is 843. The van der Waals surface area contributed by atoms with Crippen molar-refractivity contribution < 1.29 is 14.1 Å². The van der Waals surface area contributed by atoms with Gasteiger partial charge in [0.2, 0.25) is 5.88 Å². The number of likely N-dealkylation sites (tertiary alicyclic amines) is 1. The van der Waals surface area contributed by atoms with E-state index in [1.165, 1.54) is 5.56 Å². The van der Waals surface area contributed by atoms with Crippen molar-refractivity contribution in [3.8, 4) is 0 Å². The van der Waals surface area contributed by atoms with Crippen LogP contribution in [0.5, 0.6) is 0 Å². The molecule has 2 aromatic rings. The molecule has 0 aliphatic carbocycles. The van der Waals surface area contributed by atoms with Crippen molar-refractivity contribution in [2.45, 2.75) is 44.6 Å². The first-order valence-corrected chi connectivity index (χ1v) is 9.72. The number of nitrogens with zero attached hydrogens (tertiary/aromatic N) is 2. The third-order valence-electron chi connectivity index (χ3n) is 5.87. The maximum absolute atomic E-state index is 12.5. The zero-order valence-corrected chi connectivity index (χ0v) is 16.4. The molecule has 1 aromatic carbocycles. The highest BCUT2D eigenvalue weighted by Crippen LogP contribution is 2.43. The van der Waals surface area contributed by atoms with Crippen LogP contribution in [0.25, 0.3) is 0 Å². The van der Waals surface area contributed by atoms with E-state index in [-0.39, 0.29) is 11.6 Å². The predicted molar refractivity (Wildman–Crippen MR) is 103 cm³/mol. The average Bonchev–Trinajstić information content (AvgIpc) is 3.21. The third kappa shape index (κ3) is 3.69. The molecular formula is C20H24ClN3O3. The van der Waals surface area contributed by atoms with Gasteiger partial charge in [-0.15, -0.1) is 0 Å². The molecule has 2 aliphatic rings. The van der Waals surface area contributed by atoms with Crippen molar-refractivity contribution in [3.63, 3.8) is 0 Å². The van der Waals surface area contributed by atoms with E-state index in [1.807, 2.05) is 36.9 Å². The number of halogens is 1. The van der Waals surface area contributed by atoms with Gasteiger partial charge >= 0.3 is 6.03 Å². The summed E-state index contributed by atoms with van der Waals surface area (Å²) in [5.41, 5.74) is 2.74. The number of urea groups is 1. The lowest BCUT2D eigenvalue weighted by Crippen LogP contribution is -2.47. The number of rotatable bonds is 2. The molecule has 3 heterocycles. The predicted octanol–water partition coefficient (Wildman–Crippen LogP) is 4.52. The number of aromatic nitrogens is 1. The molecule has 0 saturated carbocycles. The Morgan fingerprint density at radius 2 is 2.11 bits per heavy atom. The number of ether oxygens (including phenoxy) is 1. The summed E-state index contributed by atoms with van der Waals surface area (Å²) < 4.78 is 11.4. The Labute approximate surface area is 163 Å². The minimum atomic E-state index is -0.145. The molecular weight excluding hydrogens is 366 g/mol. The summed E-state index contributed by atoms with van der Waals surface area (Å²) in [6.07, 6.45) is 2.65. The lowest BCUT2D eigenvalue weighted by Gasteiger charge is -2.38. The first-order chi connectivity index (χ1) is 13.0. The van der Waals surface area contributed by atoms with Crippen molar-refractivity contribution in [3.05, 3.63) is 46.1 Å². The highest BCUT2D eigenvalue weighted by atomic mass is 35.5. The maximum Gasteiger partial charge on any atom is 0.324 e. The van der Waals surface area contributed by atoms with E-state index in [0.29, 0.717) is 31.5 Å². The van der Waals surface area contributed by atoms with Gasteiger partial charge in [0.1, 0.15) is 0 Å². The molecule has 1 unspecified atom stereocenters. The normalized spacial score (nSPS) is 21.6. The lowest BCUT2D eigenvalue weighted by atomic mass is 9.83. The van der Waals surface area contributed by atoms with Crippen LogP contribution in [-0.2, 0) is 4.74 Å². The van der Waals surface area contributed by atoms with Crippen molar-refractivity contribution in [1.82, 2.24) is 10.1 Å².